The normalized spacial score (nSPS) is 12.9. The Labute approximate surface area is 99.3 Å². The van der Waals surface area contributed by atoms with Crippen LogP contribution in [0.4, 0.5) is 0 Å². The predicted molar refractivity (Wildman–Crippen MR) is 62.0 cm³/mol. The topological polar surface area (TPSA) is 90.7 Å². The molecule has 6 nitrogen and oxygen atoms in total. The van der Waals surface area contributed by atoms with E-state index in [1.165, 1.54) is 0 Å². The summed E-state index contributed by atoms with van der Waals surface area (Å²) in [5.74, 6) is 1.44. The third-order valence-electron chi connectivity index (χ3n) is 2.61. The zero-order valence-corrected chi connectivity index (χ0v) is 9.87. The molecule has 2 aromatic rings. The van der Waals surface area contributed by atoms with Crippen LogP contribution in [0.2, 0.25) is 0 Å². The van der Waals surface area contributed by atoms with Gasteiger partial charge >= 0.3 is 0 Å². The number of rotatable bonds is 4. The van der Waals surface area contributed by atoms with Crippen LogP contribution in [-0.2, 0) is 0 Å². The number of aromatic nitrogens is 4. The smallest absolute Gasteiger partial charge is 0.231 e. The number of hydrogen-bond acceptors (Lipinski definition) is 6. The molecule has 2 rings (SSSR count). The molecule has 0 aliphatic carbocycles. The van der Waals surface area contributed by atoms with Gasteiger partial charge in [-0.25, -0.2) is 4.98 Å². The molecule has 90 valence electrons. The van der Waals surface area contributed by atoms with E-state index in [2.05, 4.69) is 34.0 Å². The van der Waals surface area contributed by atoms with Gasteiger partial charge in [0.05, 0.1) is 12.1 Å². The molecule has 17 heavy (non-hydrogen) atoms. The second-order valence-corrected chi connectivity index (χ2v) is 4.13. The molecule has 0 bridgehead atoms. The maximum atomic E-state index is 5.70. The summed E-state index contributed by atoms with van der Waals surface area (Å²) in [7, 11) is 0. The van der Waals surface area contributed by atoms with E-state index in [4.69, 9.17) is 10.3 Å². The van der Waals surface area contributed by atoms with Crippen molar-refractivity contribution >= 4 is 0 Å². The van der Waals surface area contributed by atoms with Gasteiger partial charge in [0.15, 0.2) is 0 Å². The van der Waals surface area contributed by atoms with Crippen molar-refractivity contribution in [2.24, 2.45) is 11.7 Å². The van der Waals surface area contributed by atoms with Gasteiger partial charge in [0.1, 0.15) is 5.69 Å². The third-order valence-corrected chi connectivity index (χ3v) is 2.61. The van der Waals surface area contributed by atoms with Crippen LogP contribution in [0.5, 0.6) is 0 Å². The average molecular weight is 233 g/mol. The summed E-state index contributed by atoms with van der Waals surface area (Å²) in [4.78, 5) is 12.4. The maximum absolute atomic E-state index is 5.70. The molecular weight excluding hydrogens is 218 g/mol. The maximum Gasteiger partial charge on any atom is 0.231 e. The summed E-state index contributed by atoms with van der Waals surface area (Å²) < 4.78 is 5.22. The van der Waals surface area contributed by atoms with Crippen molar-refractivity contribution < 1.29 is 4.52 Å². The van der Waals surface area contributed by atoms with Crippen molar-refractivity contribution in [3.8, 4) is 11.5 Å². The molecule has 2 aromatic heterocycles. The Balaban J connectivity index is 2.27. The quantitative estimate of drug-likeness (QED) is 0.853. The molecule has 6 heteroatoms. The fraction of sp³-hybridized carbons (Fsp3) is 0.455. The van der Waals surface area contributed by atoms with Crippen molar-refractivity contribution in [1.29, 1.82) is 0 Å². The number of nitrogens with zero attached hydrogens (tertiary/aromatic N) is 4. The minimum absolute atomic E-state index is 0.0768. The zero-order valence-electron chi connectivity index (χ0n) is 9.87. The molecule has 0 saturated heterocycles. The number of nitrogens with two attached hydrogens (primary N) is 1. The fourth-order valence-electron chi connectivity index (χ4n) is 1.56. The van der Waals surface area contributed by atoms with E-state index in [-0.39, 0.29) is 5.92 Å². The SMILES string of the molecule is CC(C)C(CN)c1nc(-c2cnccn2)no1. The minimum Gasteiger partial charge on any atom is -0.339 e. The van der Waals surface area contributed by atoms with Gasteiger partial charge in [-0.3, -0.25) is 4.98 Å². The first kappa shape index (κ1) is 11.7. The van der Waals surface area contributed by atoms with Crippen LogP contribution in [0, 0.1) is 5.92 Å². The van der Waals surface area contributed by atoms with Crippen molar-refractivity contribution in [2.75, 3.05) is 6.54 Å². The summed E-state index contributed by atoms with van der Waals surface area (Å²) in [6, 6.07) is 0. The Morgan fingerprint density at radius 2 is 2.18 bits per heavy atom. The Kier molecular flexibility index (Phi) is 3.43. The van der Waals surface area contributed by atoms with E-state index < -0.39 is 0 Å². The van der Waals surface area contributed by atoms with Gasteiger partial charge < -0.3 is 10.3 Å². The molecule has 0 fully saturated rings. The fourth-order valence-corrected chi connectivity index (χ4v) is 1.56. The first-order valence-electron chi connectivity index (χ1n) is 5.52. The lowest BCUT2D eigenvalue weighted by molar-refractivity contribution is 0.324. The van der Waals surface area contributed by atoms with E-state index in [1.54, 1.807) is 18.6 Å². The lowest BCUT2D eigenvalue weighted by atomic mass is 9.96. The largest absolute Gasteiger partial charge is 0.339 e. The second-order valence-electron chi connectivity index (χ2n) is 4.13. The van der Waals surface area contributed by atoms with Crippen LogP contribution < -0.4 is 5.73 Å². The van der Waals surface area contributed by atoms with Gasteiger partial charge in [-0.1, -0.05) is 19.0 Å². The van der Waals surface area contributed by atoms with Crippen molar-refractivity contribution in [2.45, 2.75) is 19.8 Å². The molecule has 0 saturated carbocycles. The first-order valence-corrected chi connectivity index (χ1v) is 5.52. The average Bonchev–Trinajstić information content (AvgIpc) is 2.80. The molecule has 0 aliphatic heterocycles. The van der Waals surface area contributed by atoms with E-state index in [9.17, 15) is 0 Å². The minimum atomic E-state index is 0.0768. The Morgan fingerprint density at radius 1 is 1.35 bits per heavy atom. The van der Waals surface area contributed by atoms with Crippen LogP contribution in [0.3, 0.4) is 0 Å². The van der Waals surface area contributed by atoms with Gasteiger partial charge in [0, 0.05) is 18.9 Å². The Hall–Kier alpha value is -1.82. The monoisotopic (exact) mass is 233 g/mol. The van der Waals surface area contributed by atoms with Crippen LogP contribution in [-0.4, -0.2) is 26.7 Å². The summed E-state index contributed by atoms with van der Waals surface area (Å²) in [5, 5.41) is 3.89. The van der Waals surface area contributed by atoms with Crippen molar-refractivity contribution in [3.05, 3.63) is 24.5 Å². The molecule has 2 heterocycles. The van der Waals surface area contributed by atoms with Gasteiger partial charge in [-0.15, -0.1) is 0 Å². The van der Waals surface area contributed by atoms with E-state index >= 15 is 0 Å². The summed E-state index contributed by atoms with van der Waals surface area (Å²) in [6.07, 6.45) is 4.79. The highest BCUT2D eigenvalue weighted by Gasteiger charge is 2.21. The van der Waals surface area contributed by atoms with Crippen LogP contribution >= 0.6 is 0 Å². The summed E-state index contributed by atoms with van der Waals surface area (Å²) in [5.41, 5.74) is 6.30. The lowest BCUT2D eigenvalue weighted by Gasteiger charge is -2.13. The first-order chi connectivity index (χ1) is 8.22. The molecule has 2 N–H and O–H groups in total. The zero-order chi connectivity index (χ0) is 12.3. The third kappa shape index (κ3) is 2.47. The van der Waals surface area contributed by atoms with Crippen molar-refractivity contribution in [1.82, 2.24) is 20.1 Å². The van der Waals surface area contributed by atoms with Crippen LogP contribution in [0.15, 0.2) is 23.1 Å². The molecule has 0 spiro atoms. The van der Waals surface area contributed by atoms with Gasteiger partial charge in [0.2, 0.25) is 11.7 Å². The highest BCUT2D eigenvalue weighted by Crippen LogP contribution is 2.23. The molecule has 1 atom stereocenters. The van der Waals surface area contributed by atoms with Gasteiger partial charge in [-0.05, 0) is 5.92 Å². The van der Waals surface area contributed by atoms with E-state index in [0.717, 1.165) is 0 Å². The van der Waals surface area contributed by atoms with Crippen LogP contribution in [0.1, 0.15) is 25.7 Å². The number of hydrogen-bond donors (Lipinski definition) is 1. The Morgan fingerprint density at radius 3 is 2.76 bits per heavy atom. The second kappa shape index (κ2) is 5.01. The highest BCUT2D eigenvalue weighted by atomic mass is 16.5. The predicted octanol–water partition coefficient (Wildman–Crippen LogP) is 1.22. The molecule has 0 amide bonds. The molecule has 1 unspecified atom stereocenters. The highest BCUT2D eigenvalue weighted by molar-refractivity contribution is 5.45. The molecule has 0 radical (unpaired) electrons. The Bertz CT molecular complexity index is 468. The van der Waals surface area contributed by atoms with Crippen molar-refractivity contribution in [3.63, 3.8) is 0 Å². The molecular formula is C11H15N5O. The summed E-state index contributed by atoms with van der Waals surface area (Å²) in [6.45, 7) is 4.63. The lowest BCUT2D eigenvalue weighted by Crippen LogP contribution is -2.18. The van der Waals surface area contributed by atoms with Gasteiger partial charge in [-0.2, -0.15) is 4.98 Å². The summed E-state index contributed by atoms with van der Waals surface area (Å²) >= 11 is 0. The van der Waals surface area contributed by atoms with Crippen LogP contribution in [0.25, 0.3) is 11.5 Å². The molecule has 0 aliphatic rings. The molecule has 0 aromatic carbocycles. The van der Waals surface area contributed by atoms with Gasteiger partial charge in [0.25, 0.3) is 0 Å². The van der Waals surface area contributed by atoms with E-state index in [0.29, 0.717) is 29.9 Å². The standard InChI is InChI=1S/C11H15N5O/c1-7(2)8(5-12)11-15-10(16-17-11)9-6-13-3-4-14-9/h3-4,6-8H,5,12H2,1-2H3. The van der Waals surface area contributed by atoms with E-state index in [1.807, 2.05) is 0 Å².